The number of furan rings is 2. The van der Waals surface area contributed by atoms with E-state index < -0.39 is 0 Å². The molecule has 0 unspecified atom stereocenters. The van der Waals surface area contributed by atoms with Crippen LogP contribution in [0.1, 0.15) is 0 Å². The van der Waals surface area contributed by atoms with Crippen molar-refractivity contribution in [3.8, 4) is 77.9 Å². The molecule has 0 atom stereocenters. The molecule has 0 bridgehead atoms. The van der Waals surface area contributed by atoms with Gasteiger partial charge < -0.3 is 28.4 Å². The van der Waals surface area contributed by atoms with Gasteiger partial charge in [0.15, 0.2) is 0 Å². The summed E-state index contributed by atoms with van der Waals surface area (Å²) < 4.78 is 12.9. The Labute approximate surface area is 857 Å². The fourth-order valence-electron chi connectivity index (χ4n) is 22.3. The van der Waals surface area contributed by atoms with Gasteiger partial charge in [-0.2, -0.15) is 0 Å². The monoisotopic (exact) mass is 1890 g/mol. The maximum absolute atomic E-state index is 6.67. The van der Waals surface area contributed by atoms with E-state index in [4.69, 9.17) is 8.83 Å². The highest BCUT2D eigenvalue weighted by atomic mass is 16.3. The Balaban J connectivity index is 0.000000163. The first-order valence-corrected chi connectivity index (χ1v) is 50.6. The van der Waals surface area contributed by atoms with E-state index in [2.05, 4.69) is 578 Å². The van der Waals surface area contributed by atoms with Gasteiger partial charge in [-0.3, -0.25) is 0 Å². The van der Waals surface area contributed by atoms with Crippen molar-refractivity contribution >= 4 is 188 Å². The van der Waals surface area contributed by atoms with Gasteiger partial charge in [-0.15, -0.1) is 0 Å². The number of hydrogen-bond donors (Lipinski definition) is 0. The fraction of sp³-hybridized carbons (Fsp3) is 0. The number of hydrogen-bond acceptors (Lipinski definition) is 6. The molecule has 0 aliphatic heterocycles. The number of benzene rings is 26. The lowest BCUT2D eigenvalue weighted by Gasteiger charge is -2.29. The van der Waals surface area contributed by atoms with Gasteiger partial charge >= 0.3 is 0 Å². The molecule has 2 heterocycles. The van der Waals surface area contributed by atoms with Crippen LogP contribution in [-0.2, 0) is 0 Å². The predicted molar refractivity (Wildman–Crippen MR) is 627 cm³/mol. The first-order chi connectivity index (χ1) is 73.4. The van der Waals surface area contributed by atoms with Crippen molar-refractivity contribution in [1.29, 1.82) is 0 Å². The summed E-state index contributed by atoms with van der Waals surface area (Å²) in [5.41, 5.74) is 32.7. The minimum Gasteiger partial charge on any atom is -0.456 e. The molecular formula is C142H94N4O2. The normalized spacial score (nSPS) is 11.5. The minimum atomic E-state index is 0.889. The summed E-state index contributed by atoms with van der Waals surface area (Å²) in [5, 5.41) is 21.5. The summed E-state index contributed by atoms with van der Waals surface area (Å²) in [6.07, 6.45) is 0. The molecule has 0 saturated heterocycles. The molecule has 6 nitrogen and oxygen atoms in total. The standard InChI is InChI=1S/C88H56N2O.C54H38N2O/c1-2-16-57(17-3-1)63-40-48-78-68(50-63)34-35-69-54-74(46-49-79(69)78)89(70-42-36-58(37-43-70)64-41-47-77-67(51-64)33-32-59-18-4-7-25-75(59)77)72-23-14-21-61(52-72)62-22-15-24-73(53-62)90(85-56-66-20-5-8-26-76(66)81-28-10-11-29-82(81)85)71-44-38-60(39-45-71)84-55-65-19-6-9-27-80(65)88-87(84)83-30-12-13-31-86(83)91-88;1-4-16-39(17-5-1)40-30-34-45(35-31-40)56(46-36-32-41(33-37-46)49-26-15-29-53-54(49)50-25-11-13-28-52(50)57-53)51-27-12-10-24-48(51)42-18-14-23-47(38-42)55(43-19-6-2-7-20-43)44-21-8-3-9-22-44/h1-56H;1-38H. The van der Waals surface area contributed by atoms with E-state index in [9.17, 15) is 0 Å². The van der Waals surface area contributed by atoms with Crippen LogP contribution in [0.15, 0.2) is 579 Å². The van der Waals surface area contributed by atoms with E-state index in [1.165, 1.54) is 98.0 Å². The fourth-order valence-corrected chi connectivity index (χ4v) is 22.3. The SMILES string of the molecule is c1ccc(-c2ccc(N(c3ccc(-c4cccc5oc6ccccc6c45)cc3)c3ccccc3-c3cccc(N(c4ccccc4)c4ccccc4)c3)cc2)cc1.c1ccc(-c2ccc3c(ccc4cc(N(c5ccc(-c6ccc7c(ccc8ccccc87)c6)cc5)c5cccc(-c6cccc(N(c7ccc(-c8cc9ccccc9c9oc%10ccccc%10c89)cc7)c7cc8ccccc8c8ccccc78)c6)c5)ccc43)c2)cc1. The number of rotatable bonds is 19. The van der Waals surface area contributed by atoms with E-state index in [-0.39, 0.29) is 0 Å². The molecule has 0 radical (unpaired) electrons. The van der Waals surface area contributed by atoms with Crippen LogP contribution >= 0.6 is 0 Å². The van der Waals surface area contributed by atoms with Crippen molar-refractivity contribution in [1.82, 2.24) is 0 Å². The molecule has 694 valence electrons. The molecule has 0 amide bonds. The van der Waals surface area contributed by atoms with Crippen LogP contribution in [0.5, 0.6) is 0 Å². The summed E-state index contributed by atoms with van der Waals surface area (Å²) in [5.74, 6) is 0. The first-order valence-electron chi connectivity index (χ1n) is 50.6. The second kappa shape index (κ2) is 37.7. The zero-order valence-corrected chi connectivity index (χ0v) is 80.9. The van der Waals surface area contributed by atoms with Crippen molar-refractivity contribution in [2.75, 3.05) is 19.6 Å². The number of fused-ring (bicyclic) bond motifs is 17. The number of nitrogens with zero attached hydrogens (tertiary/aromatic N) is 4. The third-order valence-corrected chi connectivity index (χ3v) is 29.4. The van der Waals surface area contributed by atoms with Gasteiger partial charge in [-0.25, -0.2) is 0 Å². The molecule has 0 aliphatic carbocycles. The van der Waals surface area contributed by atoms with Crippen LogP contribution in [0.25, 0.3) is 197 Å². The zero-order chi connectivity index (χ0) is 97.9. The molecule has 148 heavy (non-hydrogen) atoms. The van der Waals surface area contributed by atoms with Gasteiger partial charge in [-0.1, -0.05) is 400 Å². The number of para-hydroxylation sites is 5. The van der Waals surface area contributed by atoms with E-state index in [1.807, 2.05) is 12.1 Å². The Morgan fingerprint density at radius 1 is 0.122 bits per heavy atom. The van der Waals surface area contributed by atoms with E-state index in [0.717, 1.165) is 167 Å². The average Bonchev–Trinajstić information content (AvgIpc) is 1.61. The molecule has 28 aromatic rings. The number of anilines is 12. The Kier molecular flexibility index (Phi) is 22.2. The third-order valence-electron chi connectivity index (χ3n) is 29.4. The first kappa shape index (κ1) is 87.4. The highest BCUT2D eigenvalue weighted by Gasteiger charge is 2.26. The van der Waals surface area contributed by atoms with Crippen molar-refractivity contribution in [3.05, 3.63) is 570 Å². The topological polar surface area (TPSA) is 39.2 Å². The summed E-state index contributed by atoms with van der Waals surface area (Å²) in [6, 6.07) is 206. The molecule has 0 N–H and O–H groups in total. The summed E-state index contributed by atoms with van der Waals surface area (Å²) >= 11 is 0. The second-order valence-electron chi connectivity index (χ2n) is 38.1. The lowest BCUT2D eigenvalue weighted by Crippen LogP contribution is -2.12. The van der Waals surface area contributed by atoms with E-state index in [0.29, 0.717) is 0 Å². The molecule has 0 spiro atoms. The molecule has 0 fully saturated rings. The Morgan fingerprint density at radius 2 is 0.432 bits per heavy atom. The van der Waals surface area contributed by atoms with Gasteiger partial charge in [-0.05, 0) is 307 Å². The quantitative estimate of drug-likeness (QED) is 0.0752. The molecular weight excluding hydrogens is 1790 g/mol. The summed E-state index contributed by atoms with van der Waals surface area (Å²) in [6.45, 7) is 0. The maximum atomic E-state index is 6.67. The van der Waals surface area contributed by atoms with Crippen LogP contribution in [0.4, 0.5) is 68.2 Å². The van der Waals surface area contributed by atoms with Crippen LogP contribution in [0.3, 0.4) is 0 Å². The lowest BCUT2D eigenvalue weighted by atomic mass is 9.95. The van der Waals surface area contributed by atoms with Gasteiger partial charge in [0, 0.05) is 94.8 Å². The molecule has 28 rings (SSSR count). The van der Waals surface area contributed by atoms with Crippen molar-refractivity contribution in [2.45, 2.75) is 0 Å². The molecule has 0 saturated carbocycles. The van der Waals surface area contributed by atoms with Gasteiger partial charge in [0.25, 0.3) is 0 Å². The van der Waals surface area contributed by atoms with Crippen molar-refractivity contribution in [3.63, 3.8) is 0 Å². The minimum absolute atomic E-state index is 0.889. The highest BCUT2D eigenvalue weighted by Crippen LogP contribution is 2.51. The van der Waals surface area contributed by atoms with Gasteiger partial charge in [0.1, 0.15) is 22.3 Å². The van der Waals surface area contributed by atoms with E-state index in [1.54, 1.807) is 0 Å². The van der Waals surface area contributed by atoms with E-state index >= 15 is 0 Å². The summed E-state index contributed by atoms with van der Waals surface area (Å²) in [4.78, 5) is 9.55. The predicted octanol–water partition coefficient (Wildman–Crippen LogP) is 40.8. The van der Waals surface area contributed by atoms with Crippen LogP contribution in [0.2, 0.25) is 0 Å². The Bertz CT molecular complexity index is 9880. The Hall–Kier alpha value is -19.7. The van der Waals surface area contributed by atoms with Gasteiger partial charge in [0.05, 0.1) is 11.4 Å². The highest BCUT2D eigenvalue weighted by molar-refractivity contribution is 6.22. The average molecular weight is 1890 g/mol. The van der Waals surface area contributed by atoms with Crippen LogP contribution in [0, 0.1) is 0 Å². The molecule has 26 aromatic carbocycles. The largest absolute Gasteiger partial charge is 0.456 e. The second-order valence-corrected chi connectivity index (χ2v) is 38.1. The van der Waals surface area contributed by atoms with Crippen LogP contribution < -0.4 is 19.6 Å². The molecule has 2 aromatic heterocycles. The molecule has 6 heteroatoms. The Morgan fingerprint density at radius 3 is 1.02 bits per heavy atom. The zero-order valence-electron chi connectivity index (χ0n) is 80.9. The summed E-state index contributed by atoms with van der Waals surface area (Å²) in [7, 11) is 0. The lowest BCUT2D eigenvalue weighted by molar-refractivity contribution is 0.669. The maximum Gasteiger partial charge on any atom is 0.143 e. The third kappa shape index (κ3) is 16.2. The smallest absolute Gasteiger partial charge is 0.143 e. The molecule has 0 aliphatic rings. The van der Waals surface area contributed by atoms with Crippen LogP contribution in [-0.4, -0.2) is 0 Å². The van der Waals surface area contributed by atoms with Gasteiger partial charge in [0.2, 0.25) is 0 Å². The van der Waals surface area contributed by atoms with Crippen molar-refractivity contribution in [2.24, 2.45) is 0 Å². The van der Waals surface area contributed by atoms with Crippen molar-refractivity contribution < 1.29 is 8.83 Å².